The van der Waals surface area contributed by atoms with Crippen LogP contribution in [0.4, 0.5) is 5.82 Å². The number of hydrogen-bond acceptors (Lipinski definition) is 5. The Labute approximate surface area is 147 Å². The molecule has 1 aliphatic heterocycles. The third-order valence-electron chi connectivity index (χ3n) is 5.04. The molecule has 3 aromatic rings. The quantitative estimate of drug-likeness (QED) is 0.725. The monoisotopic (exact) mass is 339 g/mol. The van der Waals surface area contributed by atoms with Crippen LogP contribution in [0, 0.1) is 13.8 Å². The molecule has 4 heterocycles. The predicted molar refractivity (Wildman–Crippen MR) is 97.9 cm³/mol. The number of anilines is 1. The van der Waals surface area contributed by atoms with Gasteiger partial charge in [0.2, 0.25) is 0 Å². The van der Waals surface area contributed by atoms with Crippen LogP contribution in [0.3, 0.4) is 0 Å². The van der Waals surface area contributed by atoms with Crippen molar-refractivity contribution in [1.29, 1.82) is 0 Å². The molecule has 3 aromatic heterocycles. The minimum absolute atomic E-state index is 0.476. The topological polar surface area (TPSA) is 54.5 Å². The molecule has 0 aliphatic carbocycles. The third-order valence-corrected chi connectivity index (χ3v) is 5.04. The van der Waals surface area contributed by atoms with Gasteiger partial charge in [0.05, 0.1) is 12.2 Å². The van der Waals surface area contributed by atoms with Crippen LogP contribution in [0.1, 0.15) is 18.3 Å². The van der Waals surface area contributed by atoms with Crippen LogP contribution in [0.5, 0.6) is 0 Å². The maximum atomic E-state index is 4.66. The maximum Gasteiger partial charge on any atom is 0.153 e. The predicted octanol–water partition coefficient (Wildman–Crippen LogP) is 1.75. The van der Waals surface area contributed by atoms with E-state index in [0.717, 1.165) is 49.9 Å². The third kappa shape index (κ3) is 3.24. The Hall–Kier alpha value is -2.41. The van der Waals surface area contributed by atoms with E-state index in [1.165, 1.54) is 5.69 Å². The van der Waals surface area contributed by atoms with Crippen LogP contribution in [0.15, 0.2) is 30.6 Å². The molecule has 7 heteroatoms. The molecule has 0 spiro atoms. The van der Waals surface area contributed by atoms with Crippen molar-refractivity contribution in [3.63, 3.8) is 0 Å². The van der Waals surface area contributed by atoms with E-state index in [4.69, 9.17) is 0 Å². The van der Waals surface area contributed by atoms with Crippen LogP contribution in [0.25, 0.3) is 5.65 Å². The first-order chi connectivity index (χ1) is 12.1. The summed E-state index contributed by atoms with van der Waals surface area (Å²) >= 11 is 0. The summed E-state index contributed by atoms with van der Waals surface area (Å²) in [6, 6.07) is 6.71. The lowest BCUT2D eigenvalue weighted by Gasteiger charge is -2.38. The highest BCUT2D eigenvalue weighted by Crippen LogP contribution is 2.16. The van der Waals surface area contributed by atoms with Gasteiger partial charge in [-0.25, -0.2) is 9.50 Å². The molecule has 1 atom stereocenters. The van der Waals surface area contributed by atoms with Gasteiger partial charge in [0, 0.05) is 50.3 Å². The summed E-state index contributed by atoms with van der Waals surface area (Å²) in [5.74, 6) is 1.02. The van der Waals surface area contributed by atoms with Crippen molar-refractivity contribution in [3.05, 3.63) is 42.0 Å². The minimum atomic E-state index is 0.476. The Morgan fingerprint density at radius 3 is 2.60 bits per heavy atom. The number of imidazole rings is 1. The molecule has 0 saturated carbocycles. The second-order valence-corrected chi connectivity index (χ2v) is 6.90. The van der Waals surface area contributed by atoms with Crippen LogP contribution >= 0.6 is 0 Å². The lowest BCUT2D eigenvalue weighted by molar-refractivity contribution is 0.175. The van der Waals surface area contributed by atoms with Crippen LogP contribution in [-0.4, -0.2) is 61.5 Å². The Morgan fingerprint density at radius 2 is 1.88 bits per heavy atom. The highest BCUT2D eigenvalue weighted by Gasteiger charge is 2.23. The summed E-state index contributed by atoms with van der Waals surface area (Å²) in [6.45, 7) is 11.5. The zero-order valence-electron chi connectivity index (χ0n) is 15.1. The van der Waals surface area contributed by atoms with Crippen LogP contribution in [-0.2, 0) is 6.54 Å². The lowest BCUT2D eigenvalue weighted by Crippen LogP contribution is -2.51. The van der Waals surface area contributed by atoms with Crippen LogP contribution < -0.4 is 4.90 Å². The van der Waals surface area contributed by atoms with E-state index in [9.17, 15) is 0 Å². The average Bonchev–Trinajstić information content (AvgIpc) is 3.20. The molecule has 0 aromatic carbocycles. The van der Waals surface area contributed by atoms with Gasteiger partial charge in [0.15, 0.2) is 5.65 Å². The van der Waals surface area contributed by atoms with Crippen molar-refractivity contribution in [2.45, 2.75) is 33.4 Å². The first kappa shape index (κ1) is 16.1. The fourth-order valence-electron chi connectivity index (χ4n) is 3.59. The van der Waals surface area contributed by atoms with E-state index < -0.39 is 0 Å². The number of hydrogen-bond donors (Lipinski definition) is 0. The van der Waals surface area contributed by atoms with Crippen molar-refractivity contribution in [3.8, 4) is 0 Å². The zero-order valence-corrected chi connectivity index (χ0v) is 15.1. The van der Waals surface area contributed by atoms with Gasteiger partial charge in [0.25, 0.3) is 0 Å². The lowest BCUT2D eigenvalue weighted by atomic mass is 10.2. The Kier molecular flexibility index (Phi) is 4.17. The number of aryl methyl sites for hydroxylation is 2. The largest absolute Gasteiger partial charge is 0.353 e. The van der Waals surface area contributed by atoms with Gasteiger partial charge < -0.3 is 4.90 Å². The number of aromatic nitrogens is 5. The number of nitrogens with zero attached hydrogens (tertiary/aromatic N) is 7. The second-order valence-electron chi connectivity index (χ2n) is 6.90. The van der Waals surface area contributed by atoms with Gasteiger partial charge >= 0.3 is 0 Å². The second kappa shape index (κ2) is 6.48. The Balaban J connectivity index is 1.38. The molecule has 0 N–H and O–H groups in total. The standard InChI is InChI=1S/C18H25N7/c1-14-12-15(2)25(20-14)13-16(3)22-8-10-23(11-9-22)18-5-4-17-19-6-7-24(17)21-18/h4-7,12,16H,8-11,13H2,1-3H3/t16-/m1/s1. The van der Waals surface area contributed by atoms with Crippen molar-refractivity contribution in [2.24, 2.45) is 0 Å². The van der Waals surface area contributed by atoms with E-state index in [0.29, 0.717) is 6.04 Å². The Bertz CT molecular complexity index is 857. The average molecular weight is 339 g/mol. The number of rotatable bonds is 4. The molecule has 1 aliphatic rings. The molecule has 0 bridgehead atoms. The van der Waals surface area contributed by atoms with Crippen molar-refractivity contribution >= 4 is 11.5 Å². The number of fused-ring (bicyclic) bond motifs is 1. The molecule has 1 fully saturated rings. The minimum Gasteiger partial charge on any atom is -0.353 e. The zero-order chi connectivity index (χ0) is 17.4. The molecular formula is C18H25N7. The van der Waals surface area contributed by atoms with Crippen molar-refractivity contribution in [2.75, 3.05) is 31.1 Å². The maximum absolute atomic E-state index is 4.66. The molecule has 0 radical (unpaired) electrons. The van der Waals surface area contributed by atoms with E-state index in [-0.39, 0.29) is 0 Å². The molecular weight excluding hydrogens is 314 g/mol. The highest BCUT2D eigenvalue weighted by molar-refractivity contribution is 5.46. The molecule has 1 saturated heterocycles. The Morgan fingerprint density at radius 1 is 1.08 bits per heavy atom. The smallest absolute Gasteiger partial charge is 0.153 e. The van der Waals surface area contributed by atoms with Gasteiger partial charge in [-0.3, -0.25) is 9.58 Å². The molecule has 0 unspecified atom stereocenters. The van der Waals surface area contributed by atoms with Crippen molar-refractivity contribution < 1.29 is 0 Å². The number of piperazine rings is 1. The van der Waals surface area contributed by atoms with E-state index in [1.807, 2.05) is 16.8 Å². The summed E-state index contributed by atoms with van der Waals surface area (Å²) in [7, 11) is 0. The summed E-state index contributed by atoms with van der Waals surface area (Å²) in [5.41, 5.74) is 3.22. The van der Waals surface area contributed by atoms with Crippen molar-refractivity contribution in [1.82, 2.24) is 29.3 Å². The van der Waals surface area contributed by atoms with Gasteiger partial charge in [0.1, 0.15) is 5.82 Å². The van der Waals surface area contributed by atoms with E-state index in [2.05, 4.69) is 62.6 Å². The normalized spacial score (nSPS) is 17.3. The fourth-order valence-corrected chi connectivity index (χ4v) is 3.59. The molecule has 0 amide bonds. The molecule has 25 heavy (non-hydrogen) atoms. The first-order valence-electron chi connectivity index (χ1n) is 8.90. The van der Waals surface area contributed by atoms with Gasteiger partial charge in [-0.1, -0.05) is 0 Å². The van der Waals surface area contributed by atoms with Gasteiger partial charge in [-0.2, -0.15) is 5.10 Å². The van der Waals surface area contributed by atoms with Gasteiger partial charge in [-0.15, -0.1) is 5.10 Å². The van der Waals surface area contributed by atoms with Gasteiger partial charge in [-0.05, 0) is 39.0 Å². The fraction of sp³-hybridized carbons (Fsp3) is 0.500. The first-order valence-corrected chi connectivity index (χ1v) is 8.90. The summed E-state index contributed by atoms with van der Waals surface area (Å²) in [4.78, 5) is 9.15. The highest BCUT2D eigenvalue weighted by atomic mass is 15.4. The SMILES string of the molecule is Cc1cc(C)n(C[C@@H](C)N2CCN(c3ccc4nccn4n3)CC2)n1. The summed E-state index contributed by atoms with van der Waals surface area (Å²) < 4.78 is 3.97. The van der Waals surface area contributed by atoms with E-state index in [1.54, 1.807) is 6.20 Å². The molecule has 7 nitrogen and oxygen atoms in total. The molecule has 132 valence electrons. The van der Waals surface area contributed by atoms with E-state index >= 15 is 0 Å². The molecule has 4 rings (SSSR count). The van der Waals surface area contributed by atoms with Crippen LogP contribution in [0.2, 0.25) is 0 Å². The summed E-state index contributed by atoms with van der Waals surface area (Å²) in [5, 5.41) is 9.25. The summed E-state index contributed by atoms with van der Waals surface area (Å²) in [6.07, 6.45) is 3.68.